The highest BCUT2D eigenvalue weighted by Crippen LogP contribution is 2.30. The van der Waals surface area contributed by atoms with Crippen molar-refractivity contribution in [2.24, 2.45) is 5.92 Å². The van der Waals surface area contributed by atoms with E-state index >= 15 is 0 Å². The van der Waals surface area contributed by atoms with Crippen LogP contribution in [0.25, 0.3) is 10.9 Å². The number of carbonyl (C=O) groups excluding carboxylic acids is 2. The van der Waals surface area contributed by atoms with Gasteiger partial charge >= 0.3 is 11.9 Å². The summed E-state index contributed by atoms with van der Waals surface area (Å²) >= 11 is 0. The largest absolute Gasteiger partial charge is 0.495 e. The van der Waals surface area contributed by atoms with Crippen molar-refractivity contribution in [1.29, 1.82) is 0 Å². The molecule has 1 aromatic carbocycles. The van der Waals surface area contributed by atoms with E-state index in [4.69, 9.17) is 14.2 Å². The minimum Gasteiger partial charge on any atom is -0.495 e. The molecule has 1 unspecified atom stereocenters. The van der Waals surface area contributed by atoms with Crippen molar-refractivity contribution in [3.63, 3.8) is 0 Å². The number of carbonyl (C=O) groups is 2. The fraction of sp³-hybridized carbons (Fsp3) is 0.609. The second-order valence-corrected chi connectivity index (χ2v) is 8.56. The van der Waals surface area contributed by atoms with Crippen LogP contribution in [0.3, 0.4) is 0 Å². The van der Waals surface area contributed by atoms with Crippen LogP contribution in [0.4, 0.5) is 0 Å². The summed E-state index contributed by atoms with van der Waals surface area (Å²) in [6, 6.07) is 3.48. The zero-order valence-corrected chi connectivity index (χ0v) is 19.0. The lowest BCUT2D eigenvalue weighted by Crippen LogP contribution is -2.23. The lowest BCUT2D eigenvalue weighted by Gasteiger charge is -2.20. The molecule has 1 heterocycles. The summed E-state index contributed by atoms with van der Waals surface area (Å²) in [6.07, 6.45) is 6.17. The lowest BCUT2D eigenvalue weighted by molar-refractivity contribution is -0.155. The normalized spacial score (nSPS) is 12.6. The Labute approximate surface area is 178 Å². The standard InChI is InChI=1S/C23H34N2O5/c1-7-9-16(10-8-11-20(26)30-23(2,3)4)14-25-15-18-19(24-25)13-12-17(21(18)28-5)22(27)29-6/h12-13,15-16H,7-11,14H2,1-6H3. The SMILES string of the molecule is CCCC(CCCC(=O)OC(C)(C)C)Cn1cc2c(OC)c(C(=O)OC)ccc2n1. The Hall–Kier alpha value is -2.57. The maximum atomic E-state index is 12.0. The highest BCUT2D eigenvalue weighted by molar-refractivity contribution is 6.00. The van der Waals surface area contributed by atoms with E-state index in [1.807, 2.05) is 31.6 Å². The summed E-state index contributed by atoms with van der Waals surface area (Å²) in [4.78, 5) is 24.0. The zero-order chi connectivity index (χ0) is 22.3. The fourth-order valence-corrected chi connectivity index (χ4v) is 3.63. The minimum atomic E-state index is -0.447. The number of nitrogens with zero attached hydrogens (tertiary/aromatic N) is 2. The molecule has 2 rings (SSSR count). The summed E-state index contributed by atoms with van der Waals surface area (Å²) in [5.74, 6) is 0.288. The van der Waals surface area contributed by atoms with E-state index in [0.717, 1.165) is 43.1 Å². The highest BCUT2D eigenvalue weighted by Gasteiger charge is 2.20. The third kappa shape index (κ3) is 6.47. The molecule has 0 saturated carbocycles. The van der Waals surface area contributed by atoms with Gasteiger partial charge in [0.05, 0.1) is 25.1 Å². The number of rotatable bonds is 10. The van der Waals surface area contributed by atoms with Crippen molar-refractivity contribution in [3.8, 4) is 5.75 Å². The summed E-state index contributed by atoms with van der Waals surface area (Å²) < 4.78 is 17.6. The molecule has 0 radical (unpaired) electrons. The highest BCUT2D eigenvalue weighted by atomic mass is 16.6. The molecule has 30 heavy (non-hydrogen) atoms. The molecule has 0 aliphatic heterocycles. The topological polar surface area (TPSA) is 79.7 Å². The molecule has 0 aliphatic rings. The molecule has 0 spiro atoms. The van der Waals surface area contributed by atoms with Crippen molar-refractivity contribution in [1.82, 2.24) is 9.78 Å². The van der Waals surface area contributed by atoms with Crippen LogP contribution in [0, 0.1) is 5.92 Å². The molecule has 2 aromatic rings. The van der Waals surface area contributed by atoms with Gasteiger partial charge in [0, 0.05) is 19.2 Å². The molecule has 0 saturated heterocycles. The maximum Gasteiger partial charge on any atom is 0.341 e. The first kappa shape index (κ1) is 23.7. The fourth-order valence-electron chi connectivity index (χ4n) is 3.63. The first-order valence-corrected chi connectivity index (χ1v) is 10.5. The molecule has 7 heteroatoms. The number of methoxy groups -OCH3 is 2. The Bertz CT molecular complexity index is 866. The van der Waals surface area contributed by atoms with Crippen LogP contribution in [-0.2, 0) is 20.8 Å². The zero-order valence-electron chi connectivity index (χ0n) is 19.0. The summed E-state index contributed by atoms with van der Waals surface area (Å²) in [7, 11) is 2.89. The molecule has 7 nitrogen and oxygen atoms in total. The first-order valence-electron chi connectivity index (χ1n) is 10.5. The average molecular weight is 419 g/mol. The monoisotopic (exact) mass is 418 g/mol. The quantitative estimate of drug-likeness (QED) is 0.518. The smallest absolute Gasteiger partial charge is 0.341 e. The molecule has 0 amide bonds. The van der Waals surface area contributed by atoms with Gasteiger partial charge in [-0.3, -0.25) is 9.48 Å². The van der Waals surface area contributed by atoms with Gasteiger partial charge in [0.1, 0.15) is 16.9 Å². The van der Waals surface area contributed by atoms with Crippen molar-refractivity contribution in [3.05, 3.63) is 23.9 Å². The van der Waals surface area contributed by atoms with E-state index in [1.54, 1.807) is 12.1 Å². The van der Waals surface area contributed by atoms with Crippen LogP contribution in [-0.4, -0.2) is 41.5 Å². The Morgan fingerprint density at radius 1 is 1.17 bits per heavy atom. The number of benzene rings is 1. The third-order valence-corrected chi connectivity index (χ3v) is 4.85. The van der Waals surface area contributed by atoms with Gasteiger partial charge in [-0.15, -0.1) is 0 Å². The van der Waals surface area contributed by atoms with Crippen LogP contribution < -0.4 is 4.74 Å². The summed E-state index contributed by atoms with van der Waals surface area (Å²) in [6.45, 7) is 8.55. The lowest BCUT2D eigenvalue weighted by atomic mass is 9.97. The number of hydrogen-bond acceptors (Lipinski definition) is 6. The molecular formula is C23H34N2O5. The van der Waals surface area contributed by atoms with Crippen LogP contribution >= 0.6 is 0 Å². The van der Waals surface area contributed by atoms with E-state index in [-0.39, 0.29) is 5.97 Å². The Morgan fingerprint density at radius 2 is 1.90 bits per heavy atom. The minimum absolute atomic E-state index is 0.150. The van der Waals surface area contributed by atoms with Crippen molar-refractivity contribution in [2.75, 3.05) is 14.2 Å². The van der Waals surface area contributed by atoms with E-state index in [1.165, 1.54) is 14.2 Å². The molecule has 0 aliphatic carbocycles. The molecule has 1 aromatic heterocycles. The second kappa shape index (κ2) is 10.5. The van der Waals surface area contributed by atoms with Crippen LogP contribution in [0.15, 0.2) is 18.3 Å². The van der Waals surface area contributed by atoms with Crippen molar-refractivity contribution in [2.45, 2.75) is 71.9 Å². The van der Waals surface area contributed by atoms with Gasteiger partial charge in [-0.2, -0.15) is 5.10 Å². The van der Waals surface area contributed by atoms with Gasteiger partial charge in [-0.05, 0) is 58.1 Å². The average Bonchev–Trinajstić information content (AvgIpc) is 3.07. The molecule has 0 fully saturated rings. The number of ether oxygens (including phenoxy) is 3. The Morgan fingerprint density at radius 3 is 2.50 bits per heavy atom. The van der Waals surface area contributed by atoms with Gasteiger partial charge in [0.25, 0.3) is 0 Å². The number of hydrogen-bond donors (Lipinski definition) is 0. The van der Waals surface area contributed by atoms with Crippen LogP contribution in [0.1, 0.15) is 70.2 Å². The first-order chi connectivity index (χ1) is 14.2. The van der Waals surface area contributed by atoms with Crippen LogP contribution in [0.5, 0.6) is 5.75 Å². The number of fused-ring (bicyclic) bond motifs is 1. The van der Waals surface area contributed by atoms with Gasteiger partial charge in [-0.1, -0.05) is 13.3 Å². The second-order valence-electron chi connectivity index (χ2n) is 8.56. The van der Waals surface area contributed by atoms with Gasteiger partial charge in [0.15, 0.2) is 0 Å². The summed E-state index contributed by atoms with van der Waals surface area (Å²) in [5.41, 5.74) is 0.704. The van der Waals surface area contributed by atoms with E-state index in [2.05, 4.69) is 12.0 Å². The van der Waals surface area contributed by atoms with E-state index in [0.29, 0.717) is 23.7 Å². The Balaban J connectivity index is 2.09. The number of esters is 2. The molecule has 0 N–H and O–H groups in total. The van der Waals surface area contributed by atoms with Gasteiger partial charge < -0.3 is 14.2 Å². The van der Waals surface area contributed by atoms with Gasteiger partial charge in [-0.25, -0.2) is 4.79 Å². The maximum absolute atomic E-state index is 12.0. The Kier molecular flexibility index (Phi) is 8.26. The van der Waals surface area contributed by atoms with Gasteiger partial charge in [0.2, 0.25) is 0 Å². The van der Waals surface area contributed by atoms with Crippen molar-refractivity contribution < 1.29 is 23.8 Å². The third-order valence-electron chi connectivity index (χ3n) is 4.85. The van der Waals surface area contributed by atoms with E-state index in [9.17, 15) is 9.59 Å². The number of aromatic nitrogens is 2. The molecule has 166 valence electrons. The van der Waals surface area contributed by atoms with Crippen LogP contribution in [0.2, 0.25) is 0 Å². The predicted molar refractivity (Wildman–Crippen MR) is 116 cm³/mol. The summed E-state index contributed by atoms with van der Waals surface area (Å²) in [5, 5.41) is 5.44. The molecule has 0 bridgehead atoms. The molecule has 1 atom stereocenters. The predicted octanol–water partition coefficient (Wildman–Crippen LogP) is 4.76. The van der Waals surface area contributed by atoms with E-state index < -0.39 is 11.6 Å². The molecular weight excluding hydrogens is 384 g/mol. The van der Waals surface area contributed by atoms with Crippen molar-refractivity contribution >= 4 is 22.8 Å².